The van der Waals surface area contributed by atoms with Crippen molar-refractivity contribution in [3.63, 3.8) is 0 Å². The summed E-state index contributed by atoms with van der Waals surface area (Å²) in [5.41, 5.74) is 0.0491. The van der Waals surface area contributed by atoms with E-state index in [0.717, 1.165) is 0 Å². The van der Waals surface area contributed by atoms with E-state index in [0.29, 0.717) is 5.02 Å². The quantitative estimate of drug-likeness (QED) is 0.698. The zero-order valence-corrected chi connectivity index (χ0v) is 14.7. The Balaban J connectivity index is 1.92. The van der Waals surface area contributed by atoms with Gasteiger partial charge in [-0.05, 0) is 36.4 Å². The molecule has 0 aliphatic rings. The lowest BCUT2D eigenvalue weighted by molar-refractivity contribution is -0.144. The van der Waals surface area contributed by atoms with Crippen LogP contribution in [0.5, 0.6) is 0 Å². The van der Waals surface area contributed by atoms with Gasteiger partial charge in [-0.2, -0.15) is 0 Å². The van der Waals surface area contributed by atoms with Crippen LogP contribution in [0.4, 0.5) is 4.39 Å². The molecule has 2 aromatic carbocycles. The smallest absolute Gasteiger partial charge is 0.307 e. The molecule has 24 heavy (non-hydrogen) atoms. The molecule has 0 bridgehead atoms. The maximum atomic E-state index is 13.5. The van der Waals surface area contributed by atoms with Gasteiger partial charge in [0.25, 0.3) is 0 Å². The third kappa shape index (κ3) is 4.93. The lowest BCUT2D eigenvalue weighted by Gasteiger charge is -2.08. The molecule has 0 saturated carbocycles. The van der Waals surface area contributed by atoms with E-state index in [1.54, 1.807) is 0 Å². The topological polar surface area (TPSA) is 60.4 Å². The van der Waals surface area contributed by atoms with Crippen molar-refractivity contribution >= 4 is 39.0 Å². The number of hydrogen-bond acceptors (Lipinski definition) is 4. The Morgan fingerprint density at radius 1 is 1.08 bits per heavy atom. The van der Waals surface area contributed by atoms with Crippen LogP contribution in [-0.4, -0.2) is 20.1 Å². The predicted molar refractivity (Wildman–Crippen MR) is 89.3 cm³/mol. The van der Waals surface area contributed by atoms with Crippen LogP contribution < -0.4 is 0 Å². The van der Waals surface area contributed by atoms with Crippen molar-refractivity contribution in [3.05, 3.63) is 63.9 Å². The highest BCUT2D eigenvalue weighted by molar-refractivity contribution is 7.91. The van der Waals surface area contributed by atoms with Crippen molar-refractivity contribution in [2.75, 3.05) is 5.75 Å². The first-order valence-electron chi connectivity index (χ1n) is 6.86. The highest BCUT2D eigenvalue weighted by Crippen LogP contribution is 2.20. The fourth-order valence-corrected chi connectivity index (χ4v) is 3.44. The maximum absolute atomic E-state index is 13.5. The van der Waals surface area contributed by atoms with Gasteiger partial charge in [0.2, 0.25) is 0 Å². The summed E-state index contributed by atoms with van der Waals surface area (Å²) < 4.78 is 42.6. The Labute approximate surface area is 149 Å². The summed E-state index contributed by atoms with van der Waals surface area (Å²) in [5.74, 6) is -1.77. The van der Waals surface area contributed by atoms with Gasteiger partial charge in [-0.1, -0.05) is 29.3 Å². The number of esters is 1. The van der Waals surface area contributed by atoms with E-state index in [1.807, 2.05) is 0 Å². The lowest BCUT2D eigenvalue weighted by atomic mass is 10.2. The van der Waals surface area contributed by atoms with Gasteiger partial charge in [0.1, 0.15) is 12.4 Å². The number of rotatable bonds is 6. The Bertz CT molecular complexity index is 815. The third-order valence-corrected chi connectivity index (χ3v) is 5.52. The van der Waals surface area contributed by atoms with Crippen LogP contribution in [0.25, 0.3) is 0 Å². The molecule has 0 saturated heterocycles. The van der Waals surface area contributed by atoms with Crippen LogP contribution in [0.3, 0.4) is 0 Å². The number of benzene rings is 2. The molecule has 0 aliphatic heterocycles. The number of halogens is 3. The second kappa shape index (κ2) is 7.96. The van der Waals surface area contributed by atoms with Crippen LogP contribution in [0, 0.1) is 5.82 Å². The van der Waals surface area contributed by atoms with Crippen LogP contribution >= 0.6 is 23.2 Å². The van der Waals surface area contributed by atoms with E-state index in [2.05, 4.69) is 0 Å². The minimum Gasteiger partial charge on any atom is -0.461 e. The molecule has 2 aromatic rings. The summed E-state index contributed by atoms with van der Waals surface area (Å²) in [6, 6.07) is 9.73. The molecule has 0 heterocycles. The summed E-state index contributed by atoms with van der Waals surface area (Å²) in [7, 11) is -3.63. The van der Waals surface area contributed by atoms with Crippen molar-refractivity contribution in [1.29, 1.82) is 0 Å². The summed E-state index contributed by atoms with van der Waals surface area (Å²) in [6.07, 6.45) is -0.350. The standard InChI is InChI=1S/C16H13Cl2FO4S/c17-11-4-6-12(7-5-11)24(21,22)9-8-16(20)23-10-13-14(18)2-1-3-15(13)19/h1-7H,8-10H2. The van der Waals surface area contributed by atoms with E-state index in [-0.39, 0.29) is 28.5 Å². The van der Waals surface area contributed by atoms with Crippen molar-refractivity contribution in [3.8, 4) is 0 Å². The Kier molecular flexibility index (Phi) is 6.21. The fraction of sp³-hybridized carbons (Fsp3) is 0.188. The van der Waals surface area contributed by atoms with E-state index in [1.165, 1.54) is 42.5 Å². The van der Waals surface area contributed by atoms with Gasteiger partial charge in [-0.3, -0.25) is 4.79 Å². The lowest BCUT2D eigenvalue weighted by Crippen LogP contribution is -2.14. The van der Waals surface area contributed by atoms with Gasteiger partial charge in [0, 0.05) is 10.6 Å². The molecule has 0 atom stereocenters. The second-order valence-electron chi connectivity index (χ2n) is 4.88. The van der Waals surface area contributed by atoms with E-state index < -0.39 is 27.4 Å². The number of sulfone groups is 1. The molecule has 128 valence electrons. The summed E-state index contributed by atoms with van der Waals surface area (Å²) in [5, 5.41) is 0.548. The summed E-state index contributed by atoms with van der Waals surface area (Å²) in [4.78, 5) is 11.8. The maximum Gasteiger partial charge on any atom is 0.307 e. The van der Waals surface area contributed by atoms with Crippen LogP contribution in [0.15, 0.2) is 47.4 Å². The summed E-state index contributed by atoms with van der Waals surface area (Å²) >= 11 is 11.5. The van der Waals surface area contributed by atoms with Gasteiger partial charge < -0.3 is 4.74 Å². The van der Waals surface area contributed by atoms with Crippen LogP contribution in [-0.2, 0) is 26.0 Å². The number of hydrogen-bond donors (Lipinski definition) is 0. The van der Waals surface area contributed by atoms with Crippen molar-refractivity contribution < 1.29 is 22.3 Å². The molecule has 4 nitrogen and oxygen atoms in total. The molecular formula is C16H13Cl2FO4S. The first-order valence-corrected chi connectivity index (χ1v) is 9.27. The average molecular weight is 391 g/mol. The molecule has 0 N–H and O–H groups in total. The molecule has 0 spiro atoms. The summed E-state index contributed by atoms with van der Waals surface area (Å²) in [6.45, 7) is -0.356. The second-order valence-corrected chi connectivity index (χ2v) is 7.84. The molecule has 0 amide bonds. The number of carbonyl (C=O) groups is 1. The Hall–Kier alpha value is -1.63. The minimum absolute atomic E-state index is 0.0491. The first-order chi connectivity index (χ1) is 11.3. The van der Waals surface area contributed by atoms with Gasteiger partial charge in [0.15, 0.2) is 9.84 Å². The zero-order valence-electron chi connectivity index (χ0n) is 12.3. The third-order valence-electron chi connectivity index (χ3n) is 3.19. The molecular weight excluding hydrogens is 378 g/mol. The predicted octanol–water partition coefficient (Wildman–Crippen LogP) is 4.04. The van der Waals surface area contributed by atoms with Crippen molar-refractivity contribution in [1.82, 2.24) is 0 Å². The van der Waals surface area contributed by atoms with Crippen LogP contribution in [0.2, 0.25) is 10.0 Å². The molecule has 0 unspecified atom stereocenters. The van der Waals surface area contributed by atoms with Crippen LogP contribution in [0.1, 0.15) is 12.0 Å². The molecule has 0 radical (unpaired) electrons. The zero-order chi connectivity index (χ0) is 17.7. The monoisotopic (exact) mass is 390 g/mol. The highest BCUT2D eigenvalue weighted by Gasteiger charge is 2.18. The van der Waals surface area contributed by atoms with Crippen molar-refractivity contribution in [2.45, 2.75) is 17.9 Å². The van der Waals surface area contributed by atoms with E-state index in [9.17, 15) is 17.6 Å². The molecule has 0 fully saturated rings. The first kappa shape index (κ1) is 18.7. The van der Waals surface area contributed by atoms with Crippen molar-refractivity contribution in [2.24, 2.45) is 0 Å². The molecule has 2 rings (SSSR count). The van der Waals surface area contributed by atoms with E-state index in [4.69, 9.17) is 27.9 Å². The highest BCUT2D eigenvalue weighted by atomic mass is 35.5. The van der Waals surface area contributed by atoms with E-state index >= 15 is 0 Å². The minimum atomic E-state index is -3.63. The molecule has 8 heteroatoms. The Morgan fingerprint density at radius 2 is 1.75 bits per heavy atom. The molecule has 0 aromatic heterocycles. The fourth-order valence-electron chi connectivity index (χ4n) is 1.87. The SMILES string of the molecule is O=C(CCS(=O)(=O)c1ccc(Cl)cc1)OCc1c(F)cccc1Cl. The average Bonchev–Trinajstić information content (AvgIpc) is 2.53. The number of carbonyl (C=O) groups excluding carboxylic acids is 1. The normalized spacial score (nSPS) is 11.3. The number of ether oxygens (including phenoxy) is 1. The largest absolute Gasteiger partial charge is 0.461 e. The Morgan fingerprint density at radius 3 is 2.38 bits per heavy atom. The van der Waals surface area contributed by atoms with Gasteiger partial charge in [0.05, 0.1) is 22.1 Å². The molecule has 0 aliphatic carbocycles. The van der Waals surface area contributed by atoms with Gasteiger partial charge >= 0.3 is 5.97 Å². The van der Waals surface area contributed by atoms with Gasteiger partial charge in [-0.15, -0.1) is 0 Å². The van der Waals surface area contributed by atoms with Gasteiger partial charge in [-0.25, -0.2) is 12.8 Å².